The van der Waals surface area contributed by atoms with E-state index in [2.05, 4.69) is 13.0 Å². The molecule has 0 unspecified atom stereocenters. The highest BCUT2D eigenvalue weighted by atomic mass is 16.7. The van der Waals surface area contributed by atoms with Gasteiger partial charge in [-0.1, -0.05) is 32.4 Å². The molecular formula is C12H22O2. The summed E-state index contributed by atoms with van der Waals surface area (Å²) in [5.41, 5.74) is 1.56. The van der Waals surface area contributed by atoms with Crippen LogP contribution in [-0.4, -0.2) is 19.0 Å². The van der Waals surface area contributed by atoms with Crippen LogP contribution in [-0.2, 0) is 9.47 Å². The normalized spacial score (nSPS) is 24.1. The van der Waals surface area contributed by atoms with Gasteiger partial charge < -0.3 is 9.47 Å². The van der Waals surface area contributed by atoms with Gasteiger partial charge in [-0.25, -0.2) is 0 Å². The van der Waals surface area contributed by atoms with Gasteiger partial charge in [-0.3, -0.25) is 0 Å². The molecule has 1 saturated heterocycles. The third kappa shape index (κ3) is 2.58. The molecule has 1 aliphatic heterocycles. The predicted molar refractivity (Wildman–Crippen MR) is 58.2 cm³/mol. The van der Waals surface area contributed by atoms with Crippen LogP contribution < -0.4 is 0 Å². The van der Waals surface area contributed by atoms with Gasteiger partial charge in [-0.15, -0.1) is 0 Å². The Bertz CT molecular complexity index is 190. The van der Waals surface area contributed by atoms with E-state index in [1.807, 2.05) is 13.8 Å². The second-order valence-electron chi connectivity index (χ2n) is 3.53. The van der Waals surface area contributed by atoms with Crippen LogP contribution in [0.25, 0.3) is 0 Å². The van der Waals surface area contributed by atoms with E-state index in [4.69, 9.17) is 9.47 Å². The van der Waals surface area contributed by atoms with E-state index in [0.29, 0.717) is 0 Å². The summed E-state index contributed by atoms with van der Waals surface area (Å²) in [6, 6.07) is 0. The molecule has 1 spiro atoms. The molecule has 0 atom stereocenters. The van der Waals surface area contributed by atoms with Crippen LogP contribution in [0.4, 0.5) is 0 Å². The van der Waals surface area contributed by atoms with E-state index in [0.717, 1.165) is 32.5 Å². The van der Waals surface area contributed by atoms with Crippen LogP contribution >= 0.6 is 0 Å². The van der Waals surface area contributed by atoms with E-state index in [9.17, 15) is 0 Å². The van der Waals surface area contributed by atoms with Crippen LogP contribution in [0.15, 0.2) is 11.6 Å². The Hall–Kier alpha value is -0.340. The third-order valence-electron chi connectivity index (χ3n) is 2.80. The van der Waals surface area contributed by atoms with Gasteiger partial charge in [0.2, 0.25) is 0 Å². The Balaban J connectivity index is 0.000000461. The molecule has 1 aliphatic carbocycles. The van der Waals surface area contributed by atoms with E-state index in [1.165, 1.54) is 6.42 Å². The second-order valence-corrected chi connectivity index (χ2v) is 3.53. The fourth-order valence-electron chi connectivity index (χ4n) is 1.94. The lowest BCUT2D eigenvalue weighted by molar-refractivity contribution is -0.161. The number of allylic oxidation sites excluding steroid dienone is 1. The Morgan fingerprint density at radius 1 is 1.29 bits per heavy atom. The molecule has 0 radical (unpaired) electrons. The topological polar surface area (TPSA) is 18.5 Å². The largest absolute Gasteiger partial charge is 0.347 e. The van der Waals surface area contributed by atoms with Gasteiger partial charge in [0.05, 0.1) is 13.2 Å². The van der Waals surface area contributed by atoms with Gasteiger partial charge >= 0.3 is 0 Å². The van der Waals surface area contributed by atoms with Crippen molar-refractivity contribution in [1.29, 1.82) is 0 Å². The Labute approximate surface area is 87.3 Å². The molecule has 0 aromatic heterocycles. The van der Waals surface area contributed by atoms with E-state index in [-0.39, 0.29) is 5.79 Å². The van der Waals surface area contributed by atoms with Crippen LogP contribution in [0, 0.1) is 0 Å². The fourth-order valence-corrected chi connectivity index (χ4v) is 1.94. The van der Waals surface area contributed by atoms with Gasteiger partial charge in [0.25, 0.3) is 0 Å². The molecule has 82 valence electrons. The van der Waals surface area contributed by atoms with Gasteiger partial charge in [-0.05, 0) is 12.8 Å². The summed E-state index contributed by atoms with van der Waals surface area (Å²) in [4.78, 5) is 0. The minimum Gasteiger partial charge on any atom is -0.347 e. The third-order valence-corrected chi connectivity index (χ3v) is 2.80. The molecule has 2 rings (SSSR count). The molecule has 2 nitrogen and oxygen atoms in total. The van der Waals surface area contributed by atoms with Crippen molar-refractivity contribution in [3.05, 3.63) is 11.6 Å². The number of rotatable bonds is 1. The van der Waals surface area contributed by atoms with Crippen molar-refractivity contribution < 1.29 is 9.47 Å². The van der Waals surface area contributed by atoms with Crippen LogP contribution in [0.3, 0.4) is 0 Å². The van der Waals surface area contributed by atoms with Crippen LogP contribution in [0.5, 0.6) is 0 Å². The van der Waals surface area contributed by atoms with Gasteiger partial charge in [-0.2, -0.15) is 0 Å². The molecule has 0 N–H and O–H groups in total. The average molecular weight is 198 g/mol. The van der Waals surface area contributed by atoms with Crippen LogP contribution in [0.1, 0.15) is 46.5 Å². The molecule has 0 bridgehead atoms. The molecule has 0 amide bonds. The van der Waals surface area contributed by atoms with Crippen molar-refractivity contribution in [2.75, 3.05) is 13.2 Å². The summed E-state index contributed by atoms with van der Waals surface area (Å²) in [5, 5.41) is 0. The molecule has 2 aliphatic rings. The number of ether oxygens (including phenoxy) is 2. The van der Waals surface area contributed by atoms with Gasteiger partial charge in [0, 0.05) is 12.8 Å². The smallest absolute Gasteiger partial charge is 0.172 e. The monoisotopic (exact) mass is 198 g/mol. The first-order valence-corrected chi connectivity index (χ1v) is 5.80. The molecule has 2 heteroatoms. The minimum atomic E-state index is -0.224. The standard InChI is InChI=1S/C10H16O2.C2H6/c1-2-9-3-5-10(6-4-9)11-7-8-12-10;1-2/h3H,2,4-8H2,1H3;1-2H3. The highest BCUT2D eigenvalue weighted by Crippen LogP contribution is 2.35. The van der Waals surface area contributed by atoms with E-state index >= 15 is 0 Å². The molecule has 14 heavy (non-hydrogen) atoms. The summed E-state index contributed by atoms with van der Waals surface area (Å²) in [5.74, 6) is -0.224. The summed E-state index contributed by atoms with van der Waals surface area (Å²) >= 11 is 0. The van der Waals surface area contributed by atoms with E-state index in [1.54, 1.807) is 5.57 Å². The second kappa shape index (κ2) is 5.52. The van der Waals surface area contributed by atoms with Crippen molar-refractivity contribution in [3.63, 3.8) is 0 Å². The molecule has 0 aromatic rings. The van der Waals surface area contributed by atoms with E-state index < -0.39 is 0 Å². The number of hydrogen-bond acceptors (Lipinski definition) is 2. The summed E-state index contributed by atoms with van der Waals surface area (Å²) < 4.78 is 11.2. The maximum atomic E-state index is 5.61. The molecule has 1 fully saturated rings. The predicted octanol–water partition coefficient (Wildman–Crippen LogP) is 3.28. The first-order valence-electron chi connectivity index (χ1n) is 5.80. The Morgan fingerprint density at radius 3 is 2.36 bits per heavy atom. The zero-order valence-corrected chi connectivity index (χ0v) is 9.64. The van der Waals surface area contributed by atoms with Crippen molar-refractivity contribution in [2.24, 2.45) is 0 Å². The fraction of sp³-hybridized carbons (Fsp3) is 0.833. The highest BCUT2D eigenvalue weighted by molar-refractivity contribution is 5.08. The lowest BCUT2D eigenvalue weighted by Gasteiger charge is -2.30. The van der Waals surface area contributed by atoms with Gasteiger partial charge in [0.15, 0.2) is 5.79 Å². The van der Waals surface area contributed by atoms with Crippen molar-refractivity contribution >= 4 is 0 Å². The zero-order valence-electron chi connectivity index (χ0n) is 9.64. The highest BCUT2D eigenvalue weighted by Gasteiger charge is 2.37. The summed E-state index contributed by atoms with van der Waals surface area (Å²) in [6.45, 7) is 7.75. The Kier molecular flexibility index (Phi) is 4.63. The quantitative estimate of drug-likeness (QED) is 0.602. The van der Waals surface area contributed by atoms with Crippen molar-refractivity contribution in [2.45, 2.75) is 52.2 Å². The minimum absolute atomic E-state index is 0.224. The maximum Gasteiger partial charge on any atom is 0.172 e. The SMILES string of the molecule is CC.CCC1=CCC2(CC1)OCCO2. The van der Waals surface area contributed by atoms with Crippen molar-refractivity contribution in [3.8, 4) is 0 Å². The molecule has 0 saturated carbocycles. The average Bonchev–Trinajstić information content (AvgIpc) is 2.71. The molecular weight excluding hydrogens is 176 g/mol. The first-order chi connectivity index (χ1) is 6.85. The van der Waals surface area contributed by atoms with Crippen LogP contribution in [0.2, 0.25) is 0 Å². The maximum absolute atomic E-state index is 5.61. The molecule has 1 heterocycles. The zero-order chi connectivity index (χ0) is 10.4. The Morgan fingerprint density at radius 2 is 1.93 bits per heavy atom. The lowest BCUT2D eigenvalue weighted by Crippen LogP contribution is -2.31. The molecule has 0 aromatic carbocycles. The lowest BCUT2D eigenvalue weighted by atomic mass is 9.93. The number of hydrogen-bond donors (Lipinski definition) is 0. The summed E-state index contributed by atoms with van der Waals surface area (Å²) in [6.07, 6.45) is 6.62. The van der Waals surface area contributed by atoms with Crippen molar-refractivity contribution in [1.82, 2.24) is 0 Å². The first kappa shape index (κ1) is 11.7. The summed E-state index contributed by atoms with van der Waals surface area (Å²) in [7, 11) is 0. The van der Waals surface area contributed by atoms with Gasteiger partial charge in [0.1, 0.15) is 0 Å².